The first-order chi connectivity index (χ1) is 7.42. The maximum absolute atomic E-state index is 11.8. The van der Waals surface area contributed by atoms with Crippen LogP contribution in [0.3, 0.4) is 0 Å². The Morgan fingerprint density at radius 2 is 2.25 bits per heavy atom. The van der Waals surface area contributed by atoms with Crippen LogP contribution in [0.25, 0.3) is 0 Å². The van der Waals surface area contributed by atoms with E-state index in [0.29, 0.717) is 6.61 Å². The van der Waals surface area contributed by atoms with Crippen molar-refractivity contribution in [3.05, 3.63) is 0 Å². The highest BCUT2D eigenvalue weighted by atomic mass is 32.2. The van der Waals surface area contributed by atoms with E-state index >= 15 is 0 Å². The Hall–Kier alpha value is -0.660. The van der Waals surface area contributed by atoms with E-state index in [1.54, 1.807) is 0 Å². The SMILES string of the molecule is CN(CCC(=O)O)S(=O)(=O)CC1CCCO1. The van der Waals surface area contributed by atoms with E-state index in [9.17, 15) is 13.2 Å². The second-order valence-electron chi connectivity index (χ2n) is 3.88. The third-order valence-electron chi connectivity index (χ3n) is 2.54. The van der Waals surface area contributed by atoms with Gasteiger partial charge in [-0.2, -0.15) is 0 Å². The number of sulfonamides is 1. The van der Waals surface area contributed by atoms with Crippen molar-refractivity contribution in [2.45, 2.75) is 25.4 Å². The van der Waals surface area contributed by atoms with Crippen molar-refractivity contribution in [1.29, 1.82) is 0 Å². The van der Waals surface area contributed by atoms with Gasteiger partial charge in [-0.25, -0.2) is 12.7 Å². The van der Waals surface area contributed by atoms with Crippen LogP contribution in [-0.4, -0.2) is 55.9 Å². The minimum atomic E-state index is -3.39. The van der Waals surface area contributed by atoms with Crippen LogP contribution < -0.4 is 0 Å². The van der Waals surface area contributed by atoms with Crippen LogP contribution in [0.5, 0.6) is 0 Å². The van der Waals surface area contributed by atoms with Gasteiger partial charge in [0.2, 0.25) is 10.0 Å². The lowest BCUT2D eigenvalue weighted by molar-refractivity contribution is -0.137. The second kappa shape index (κ2) is 5.60. The zero-order valence-corrected chi connectivity index (χ0v) is 10.1. The van der Waals surface area contributed by atoms with Gasteiger partial charge in [-0.1, -0.05) is 0 Å². The van der Waals surface area contributed by atoms with Gasteiger partial charge in [-0.3, -0.25) is 4.79 Å². The lowest BCUT2D eigenvalue weighted by Gasteiger charge is -2.18. The van der Waals surface area contributed by atoms with Gasteiger partial charge in [-0.05, 0) is 12.8 Å². The molecule has 1 heterocycles. The number of hydrogen-bond donors (Lipinski definition) is 1. The first-order valence-corrected chi connectivity index (χ1v) is 6.80. The summed E-state index contributed by atoms with van der Waals surface area (Å²) >= 11 is 0. The molecule has 1 saturated heterocycles. The molecule has 1 atom stereocenters. The quantitative estimate of drug-likeness (QED) is 0.712. The molecule has 0 spiro atoms. The highest BCUT2D eigenvalue weighted by Gasteiger charge is 2.26. The van der Waals surface area contributed by atoms with Crippen molar-refractivity contribution in [3.8, 4) is 0 Å². The van der Waals surface area contributed by atoms with Crippen molar-refractivity contribution in [2.24, 2.45) is 0 Å². The molecule has 0 radical (unpaired) electrons. The van der Waals surface area contributed by atoms with Gasteiger partial charge < -0.3 is 9.84 Å². The molecular weight excluding hydrogens is 234 g/mol. The number of carboxylic acids is 1. The number of carboxylic acid groups (broad SMARTS) is 1. The Morgan fingerprint density at radius 3 is 2.75 bits per heavy atom. The summed E-state index contributed by atoms with van der Waals surface area (Å²) in [5, 5.41) is 8.47. The third kappa shape index (κ3) is 4.07. The number of carbonyl (C=O) groups is 1. The molecule has 1 unspecified atom stereocenters. The van der Waals surface area contributed by atoms with E-state index in [4.69, 9.17) is 9.84 Å². The molecule has 1 aliphatic heterocycles. The monoisotopic (exact) mass is 251 g/mol. The van der Waals surface area contributed by atoms with Crippen molar-refractivity contribution in [2.75, 3.05) is 26.0 Å². The zero-order valence-electron chi connectivity index (χ0n) is 9.26. The first-order valence-electron chi connectivity index (χ1n) is 5.19. The van der Waals surface area contributed by atoms with E-state index in [1.807, 2.05) is 0 Å². The number of hydrogen-bond acceptors (Lipinski definition) is 4. The van der Waals surface area contributed by atoms with Gasteiger partial charge in [0.15, 0.2) is 0 Å². The average Bonchev–Trinajstić information content (AvgIpc) is 2.65. The molecule has 94 valence electrons. The third-order valence-corrected chi connectivity index (χ3v) is 4.46. The van der Waals surface area contributed by atoms with Crippen LogP contribution >= 0.6 is 0 Å². The van der Waals surface area contributed by atoms with Gasteiger partial charge in [-0.15, -0.1) is 0 Å². The summed E-state index contributed by atoms with van der Waals surface area (Å²) in [5.41, 5.74) is 0. The smallest absolute Gasteiger partial charge is 0.304 e. The molecule has 0 aromatic heterocycles. The summed E-state index contributed by atoms with van der Waals surface area (Å²) < 4.78 is 29.8. The van der Waals surface area contributed by atoms with Crippen LogP contribution in [0.4, 0.5) is 0 Å². The molecule has 1 rings (SSSR count). The van der Waals surface area contributed by atoms with Crippen molar-refractivity contribution >= 4 is 16.0 Å². The van der Waals surface area contributed by atoms with Gasteiger partial charge in [0.1, 0.15) is 0 Å². The molecule has 1 N–H and O–H groups in total. The van der Waals surface area contributed by atoms with Gasteiger partial charge in [0.25, 0.3) is 0 Å². The first kappa shape index (κ1) is 13.4. The van der Waals surface area contributed by atoms with E-state index in [2.05, 4.69) is 0 Å². The fourth-order valence-corrected chi connectivity index (χ4v) is 2.89. The Balaban J connectivity index is 2.45. The lowest BCUT2D eigenvalue weighted by Crippen LogP contribution is -2.35. The largest absolute Gasteiger partial charge is 0.481 e. The number of ether oxygens (including phenoxy) is 1. The normalized spacial score (nSPS) is 21.5. The average molecular weight is 251 g/mol. The number of nitrogens with zero attached hydrogens (tertiary/aromatic N) is 1. The summed E-state index contributed by atoms with van der Waals surface area (Å²) in [4.78, 5) is 10.3. The standard InChI is InChI=1S/C9H17NO5S/c1-10(5-4-9(11)12)16(13,14)7-8-3-2-6-15-8/h8H,2-7H2,1H3,(H,11,12). The molecule has 0 saturated carbocycles. The molecule has 1 aliphatic rings. The van der Waals surface area contributed by atoms with Crippen LogP contribution in [-0.2, 0) is 19.6 Å². The zero-order chi connectivity index (χ0) is 12.2. The van der Waals surface area contributed by atoms with Crippen LogP contribution in [0.1, 0.15) is 19.3 Å². The Morgan fingerprint density at radius 1 is 1.56 bits per heavy atom. The summed E-state index contributed by atoms with van der Waals surface area (Å²) in [6, 6.07) is 0. The number of aliphatic carboxylic acids is 1. The molecule has 0 aromatic rings. The fourth-order valence-electron chi connectivity index (χ4n) is 1.53. The summed E-state index contributed by atoms with van der Waals surface area (Å²) in [6.07, 6.45) is 1.23. The molecule has 7 heteroatoms. The van der Waals surface area contributed by atoms with Crippen molar-refractivity contribution in [3.63, 3.8) is 0 Å². The van der Waals surface area contributed by atoms with Gasteiger partial charge >= 0.3 is 5.97 Å². The van der Waals surface area contributed by atoms with E-state index < -0.39 is 16.0 Å². The minimum absolute atomic E-state index is 0.00435. The Bertz CT molecular complexity index is 334. The highest BCUT2D eigenvalue weighted by Crippen LogP contribution is 2.15. The van der Waals surface area contributed by atoms with E-state index in [1.165, 1.54) is 7.05 Å². The summed E-state index contributed by atoms with van der Waals surface area (Å²) in [7, 11) is -2.00. The summed E-state index contributed by atoms with van der Waals surface area (Å²) in [6.45, 7) is 0.614. The van der Waals surface area contributed by atoms with Gasteiger partial charge in [0.05, 0.1) is 18.3 Å². The van der Waals surface area contributed by atoms with Gasteiger partial charge in [0, 0.05) is 20.2 Å². The van der Waals surface area contributed by atoms with Crippen molar-refractivity contribution in [1.82, 2.24) is 4.31 Å². The highest BCUT2D eigenvalue weighted by molar-refractivity contribution is 7.89. The molecule has 0 bridgehead atoms. The lowest BCUT2D eigenvalue weighted by atomic mass is 10.3. The molecule has 0 aromatic carbocycles. The molecule has 16 heavy (non-hydrogen) atoms. The molecule has 1 fully saturated rings. The van der Waals surface area contributed by atoms with Crippen LogP contribution in [0, 0.1) is 0 Å². The van der Waals surface area contributed by atoms with E-state index in [0.717, 1.165) is 17.1 Å². The summed E-state index contributed by atoms with van der Waals surface area (Å²) in [5.74, 6) is -1.05. The minimum Gasteiger partial charge on any atom is -0.481 e. The molecule has 6 nitrogen and oxygen atoms in total. The topological polar surface area (TPSA) is 83.9 Å². The predicted octanol–water partition coefficient (Wildman–Crippen LogP) is -0.0983. The maximum atomic E-state index is 11.8. The van der Waals surface area contributed by atoms with Crippen molar-refractivity contribution < 1.29 is 23.1 Å². The van der Waals surface area contributed by atoms with Crippen LogP contribution in [0.2, 0.25) is 0 Å². The maximum Gasteiger partial charge on any atom is 0.304 e. The van der Waals surface area contributed by atoms with Crippen LogP contribution in [0.15, 0.2) is 0 Å². The van der Waals surface area contributed by atoms with E-state index in [-0.39, 0.29) is 24.8 Å². The number of rotatable bonds is 6. The molecule has 0 amide bonds. The predicted molar refractivity (Wildman–Crippen MR) is 57.6 cm³/mol. The molecular formula is C9H17NO5S. The fraction of sp³-hybridized carbons (Fsp3) is 0.889. The second-order valence-corrected chi connectivity index (χ2v) is 6.00. The Kier molecular flexibility index (Phi) is 4.69. The molecule has 0 aliphatic carbocycles. The Labute approximate surface area is 95.2 Å².